The van der Waals surface area contributed by atoms with Gasteiger partial charge in [0.05, 0.1) is 0 Å². The molecule has 1 amide bonds. The van der Waals surface area contributed by atoms with E-state index in [-0.39, 0.29) is 23.3 Å². The van der Waals surface area contributed by atoms with Crippen molar-refractivity contribution in [2.45, 2.75) is 45.0 Å². The minimum atomic E-state index is -2.63. The molecule has 0 N–H and O–H groups in total. The molecule has 0 atom stereocenters. The number of aromatic nitrogens is 4. The number of carbonyl (C=O) groups is 1. The molecule has 1 aliphatic rings. The molecule has 0 aromatic carbocycles. The van der Waals surface area contributed by atoms with Crippen molar-refractivity contribution < 1.29 is 13.6 Å². The lowest BCUT2D eigenvalue weighted by Gasteiger charge is -2.32. The van der Waals surface area contributed by atoms with Gasteiger partial charge in [-0.2, -0.15) is 14.6 Å². The largest absolute Gasteiger partial charge is 0.343 e. The molecule has 0 spiro atoms. The Morgan fingerprint density at radius 1 is 1.39 bits per heavy atom. The average molecular weight is 323 g/mol. The molecule has 23 heavy (non-hydrogen) atoms. The molecule has 1 fully saturated rings. The summed E-state index contributed by atoms with van der Waals surface area (Å²) < 4.78 is 27.5. The number of nitrogens with zero attached hydrogens (tertiary/aromatic N) is 5. The number of piperidine rings is 1. The lowest BCUT2D eigenvalue weighted by atomic mass is 9.92. The summed E-state index contributed by atoms with van der Waals surface area (Å²) in [4.78, 5) is 22.1. The van der Waals surface area contributed by atoms with Crippen molar-refractivity contribution in [2.75, 3.05) is 13.1 Å². The first-order valence-electron chi connectivity index (χ1n) is 7.86. The van der Waals surface area contributed by atoms with E-state index in [4.69, 9.17) is 0 Å². The Kier molecular flexibility index (Phi) is 4.49. The Morgan fingerprint density at radius 2 is 2.13 bits per heavy atom. The van der Waals surface area contributed by atoms with Gasteiger partial charge >= 0.3 is 0 Å². The minimum Gasteiger partial charge on any atom is -0.343 e. The van der Waals surface area contributed by atoms with Gasteiger partial charge < -0.3 is 4.90 Å². The minimum absolute atomic E-state index is 0.0693. The van der Waals surface area contributed by atoms with E-state index in [0.717, 1.165) is 23.8 Å². The molecule has 6 nitrogen and oxygen atoms in total. The van der Waals surface area contributed by atoms with E-state index in [1.165, 1.54) is 12.4 Å². The number of alkyl halides is 2. The summed E-state index contributed by atoms with van der Waals surface area (Å²) in [5, 5.41) is 3.79. The predicted molar refractivity (Wildman–Crippen MR) is 79.2 cm³/mol. The van der Waals surface area contributed by atoms with Crippen LogP contribution in [0, 0.1) is 0 Å². The van der Waals surface area contributed by atoms with Crippen molar-refractivity contribution >= 4 is 11.7 Å². The maximum absolute atomic E-state index is 13.2. The molecule has 1 saturated heterocycles. The van der Waals surface area contributed by atoms with Crippen LogP contribution in [0.4, 0.5) is 8.78 Å². The van der Waals surface area contributed by atoms with Crippen LogP contribution in [0.15, 0.2) is 12.4 Å². The molecule has 2 aromatic rings. The van der Waals surface area contributed by atoms with Crippen molar-refractivity contribution in [2.24, 2.45) is 0 Å². The Hall–Kier alpha value is -2.12. The zero-order valence-electron chi connectivity index (χ0n) is 13.0. The second-order valence-electron chi connectivity index (χ2n) is 5.78. The lowest BCUT2D eigenvalue weighted by Crippen LogP contribution is -2.37. The van der Waals surface area contributed by atoms with E-state index in [0.29, 0.717) is 25.2 Å². The van der Waals surface area contributed by atoms with Gasteiger partial charge in [-0.3, -0.25) is 4.79 Å². The molecular weight excluding hydrogens is 304 g/mol. The van der Waals surface area contributed by atoms with Crippen molar-refractivity contribution in [3.8, 4) is 0 Å². The summed E-state index contributed by atoms with van der Waals surface area (Å²) in [6.45, 7) is 3.27. The third-order valence-electron chi connectivity index (χ3n) is 4.25. The van der Waals surface area contributed by atoms with Gasteiger partial charge in [-0.25, -0.2) is 13.8 Å². The highest BCUT2D eigenvalue weighted by atomic mass is 19.3. The third kappa shape index (κ3) is 3.16. The fourth-order valence-electron chi connectivity index (χ4n) is 3.02. The number of fused-ring (bicyclic) bond motifs is 1. The molecule has 0 unspecified atom stereocenters. The van der Waals surface area contributed by atoms with E-state index in [2.05, 4.69) is 15.1 Å². The summed E-state index contributed by atoms with van der Waals surface area (Å²) in [5.41, 5.74) is 0.426. The van der Waals surface area contributed by atoms with Gasteiger partial charge in [-0.05, 0) is 25.3 Å². The average Bonchev–Trinajstić information content (AvgIpc) is 3.02. The molecule has 0 saturated carbocycles. The number of hydrogen-bond donors (Lipinski definition) is 0. The molecule has 8 heteroatoms. The summed E-state index contributed by atoms with van der Waals surface area (Å²) >= 11 is 0. The highest BCUT2D eigenvalue weighted by Crippen LogP contribution is 2.30. The van der Waals surface area contributed by atoms with Crippen LogP contribution >= 0.6 is 0 Å². The van der Waals surface area contributed by atoms with Gasteiger partial charge in [0.1, 0.15) is 12.0 Å². The van der Waals surface area contributed by atoms with Crippen LogP contribution in [-0.4, -0.2) is 43.5 Å². The molecule has 3 rings (SSSR count). The molecule has 0 aliphatic carbocycles. The first-order chi connectivity index (χ1) is 11.1. The van der Waals surface area contributed by atoms with Crippen LogP contribution in [0.1, 0.15) is 56.3 Å². The van der Waals surface area contributed by atoms with Gasteiger partial charge in [0.25, 0.3) is 12.2 Å². The molecule has 0 radical (unpaired) electrons. The molecule has 2 aromatic heterocycles. The third-order valence-corrected chi connectivity index (χ3v) is 4.25. The smallest absolute Gasteiger partial charge is 0.280 e. The first kappa shape index (κ1) is 15.8. The van der Waals surface area contributed by atoms with Crippen LogP contribution in [0.5, 0.6) is 0 Å². The number of rotatable bonds is 4. The zero-order valence-corrected chi connectivity index (χ0v) is 13.0. The highest BCUT2D eigenvalue weighted by Gasteiger charge is 2.26. The SMILES string of the molecule is CCCC(=O)N1CCC(c2cc(C(F)F)n3ncnc3n2)CC1. The summed E-state index contributed by atoms with van der Waals surface area (Å²) in [6.07, 6.45) is 1.45. The van der Waals surface area contributed by atoms with E-state index in [1.807, 2.05) is 11.8 Å². The topological polar surface area (TPSA) is 63.4 Å². The Morgan fingerprint density at radius 3 is 2.78 bits per heavy atom. The second kappa shape index (κ2) is 6.55. The maximum Gasteiger partial charge on any atom is 0.280 e. The van der Waals surface area contributed by atoms with E-state index in [1.54, 1.807) is 0 Å². The number of likely N-dealkylation sites (tertiary alicyclic amines) is 1. The molecule has 3 heterocycles. The van der Waals surface area contributed by atoms with E-state index >= 15 is 0 Å². The van der Waals surface area contributed by atoms with E-state index in [9.17, 15) is 13.6 Å². The van der Waals surface area contributed by atoms with E-state index < -0.39 is 6.43 Å². The van der Waals surface area contributed by atoms with Crippen molar-refractivity contribution in [3.05, 3.63) is 23.8 Å². The fraction of sp³-hybridized carbons (Fsp3) is 0.600. The standard InChI is InChI=1S/C15H19F2N5O/c1-2-3-13(23)21-6-4-10(5-7-21)11-8-12(14(16)17)22-15(20-11)18-9-19-22/h8-10,14H,2-7H2,1H3. The quantitative estimate of drug-likeness (QED) is 0.867. The molecular formula is C15H19F2N5O. The van der Waals surface area contributed by atoms with Gasteiger partial charge in [-0.1, -0.05) is 6.92 Å². The number of amides is 1. The summed E-state index contributed by atoms with van der Waals surface area (Å²) in [5.74, 6) is 0.433. The molecule has 0 bridgehead atoms. The van der Waals surface area contributed by atoms with Crippen molar-refractivity contribution in [1.29, 1.82) is 0 Å². The molecule has 1 aliphatic heterocycles. The highest BCUT2D eigenvalue weighted by molar-refractivity contribution is 5.76. The number of halogens is 2. The Balaban J connectivity index is 1.78. The van der Waals surface area contributed by atoms with Crippen LogP contribution in [-0.2, 0) is 4.79 Å². The van der Waals surface area contributed by atoms with Gasteiger partial charge in [-0.15, -0.1) is 0 Å². The summed E-state index contributed by atoms with van der Waals surface area (Å²) in [7, 11) is 0. The van der Waals surface area contributed by atoms with Gasteiger partial charge in [0.15, 0.2) is 0 Å². The monoisotopic (exact) mass is 323 g/mol. The molecule has 124 valence electrons. The van der Waals surface area contributed by atoms with Gasteiger partial charge in [0.2, 0.25) is 5.91 Å². The van der Waals surface area contributed by atoms with Crippen LogP contribution in [0.2, 0.25) is 0 Å². The van der Waals surface area contributed by atoms with Crippen LogP contribution in [0.3, 0.4) is 0 Å². The summed E-state index contributed by atoms with van der Waals surface area (Å²) in [6, 6.07) is 1.42. The predicted octanol–water partition coefficient (Wildman–Crippen LogP) is 2.57. The fourth-order valence-corrected chi connectivity index (χ4v) is 3.02. The Labute approximate surface area is 132 Å². The van der Waals surface area contributed by atoms with Crippen LogP contribution < -0.4 is 0 Å². The van der Waals surface area contributed by atoms with Crippen LogP contribution in [0.25, 0.3) is 5.78 Å². The zero-order chi connectivity index (χ0) is 16.4. The Bertz CT molecular complexity index is 694. The number of hydrogen-bond acceptors (Lipinski definition) is 4. The van der Waals surface area contributed by atoms with Crippen molar-refractivity contribution in [1.82, 2.24) is 24.5 Å². The van der Waals surface area contributed by atoms with Gasteiger partial charge in [0, 0.05) is 31.1 Å². The van der Waals surface area contributed by atoms with Crippen molar-refractivity contribution in [3.63, 3.8) is 0 Å². The first-order valence-corrected chi connectivity index (χ1v) is 7.86. The lowest BCUT2D eigenvalue weighted by molar-refractivity contribution is -0.132. The normalized spacial score (nSPS) is 16.4. The number of carbonyl (C=O) groups excluding carboxylic acids is 1. The maximum atomic E-state index is 13.2. The second-order valence-corrected chi connectivity index (χ2v) is 5.78.